The number of rotatable bonds is 5. The largest absolute Gasteiger partial charge is 0.341 e. The molecule has 0 aliphatic carbocycles. The summed E-state index contributed by atoms with van der Waals surface area (Å²) in [6, 6.07) is 7.00. The molecule has 4 heteroatoms. The second kappa shape index (κ2) is 7.43. The fourth-order valence-electron chi connectivity index (χ4n) is 2.80. The highest BCUT2D eigenvalue weighted by Gasteiger charge is 2.28. The molecule has 1 N–H and O–H groups in total. The SMILES string of the molecule is Cc1ccc(C(=O)N[C@@H](CC(C)C)C(=O)N2CCCC2)cc1. The number of carbonyl (C=O) groups excluding carboxylic acids is 2. The Bertz CT molecular complexity index is 516. The second-order valence-corrected chi connectivity index (χ2v) is 6.55. The summed E-state index contributed by atoms with van der Waals surface area (Å²) in [5.41, 5.74) is 1.72. The summed E-state index contributed by atoms with van der Waals surface area (Å²) in [5.74, 6) is 0.250. The van der Waals surface area contributed by atoms with E-state index in [1.54, 1.807) is 12.1 Å². The van der Waals surface area contributed by atoms with Gasteiger partial charge in [-0.1, -0.05) is 31.5 Å². The predicted molar refractivity (Wildman–Crippen MR) is 87.7 cm³/mol. The number of amides is 2. The van der Waals surface area contributed by atoms with Crippen molar-refractivity contribution in [2.24, 2.45) is 5.92 Å². The van der Waals surface area contributed by atoms with Gasteiger partial charge in [0.25, 0.3) is 5.91 Å². The van der Waals surface area contributed by atoms with Crippen LogP contribution in [0.3, 0.4) is 0 Å². The molecule has 1 aliphatic rings. The minimum Gasteiger partial charge on any atom is -0.341 e. The lowest BCUT2D eigenvalue weighted by Crippen LogP contribution is -2.48. The first-order chi connectivity index (χ1) is 10.5. The summed E-state index contributed by atoms with van der Waals surface area (Å²) in [4.78, 5) is 26.9. The molecule has 0 unspecified atom stereocenters. The molecule has 0 bridgehead atoms. The molecule has 0 spiro atoms. The lowest BCUT2D eigenvalue weighted by molar-refractivity contribution is -0.132. The average Bonchev–Trinajstić information content (AvgIpc) is 3.00. The Morgan fingerprint density at radius 1 is 1.14 bits per heavy atom. The molecule has 1 fully saturated rings. The van der Waals surface area contributed by atoms with Gasteiger partial charge in [-0.3, -0.25) is 9.59 Å². The van der Waals surface area contributed by atoms with Gasteiger partial charge in [-0.2, -0.15) is 0 Å². The molecule has 0 radical (unpaired) electrons. The normalized spacial score (nSPS) is 15.9. The molecule has 120 valence electrons. The molecule has 1 aromatic rings. The number of hydrogen-bond acceptors (Lipinski definition) is 2. The van der Waals surface area contributed by atoms with Crippen molar-refractivity contribution in [2.75, 3.05) is 13.1 Å². The van der Waals surface area contributed by atoms with Crippen LogP contribution in [-0.2, 0) is 4.79 Å². The molecule has 2 rings (SSSR count). The number of aryl methyl sites for hydroxylation is 1. The minimum atomic E-state index is -0.424. The van der Waals surface area contributed by atoms with Gasteiger partial charge in [0.05, 0.1) is 0 Å². The van der Waals surface area contributed by atoms with Crippen LogP contribution in [0.15, 0.2) is 24.3 Å². The van der Waals surface area contributed by atoms with Crippen LogP contribution in [-0.4, -0.2) is 35.8 Å². The molecule has 22 heavy (non-hydrogen) atoms. The van der Waals surface area contributed by atoms with E-state index in [4.69, 9.17) is 0 Å². The maximum atomic E-state index is 12.6. The Balaban J connectivity index is 2.06. The summed E-state index contributed by atoms with van der Waals surface area (Å²) in [6.07, 6.45) is 2.80. The first-order valence-corrected chi connectivity index (χ1v) is 8.13. The Kier molecular flexibility index (Phi) is 5.58. The van der Waals surface area contributed by atoms with Gasteiger partial charge in [0.15, 0.2) is 0 Å². The van der Waals surface area contributed by atoms with E-state index >= 15 is 0 Å². The standard InChI is InChI=1S/C18H26N2O2/c1-13(2)12-16(18(22)20-10-4-5-11-20)19-17(21)15-8-6-14(3)7-9-15/h6-9,13,16H,4-5,10-12H2,1-3H3,(H,19,21)/t16-/m0/s1. The van der Waals surface area contributed by atoms with E-state index in [0.717, 1.165) is 31.5 Å². The summed E-state index contributed by atoms with van der Waals surface area (Å²) >= 11 is 0. The highest BCUT2D eigenvalue weighted by atomic mass is 16.2. The quantitative estimate of drug-likeness (QED) is 0.909. The van der Waals surface area contributed by atoms with Crippen LogP contribution >= 0.6 is 0 Å². The van der Waals surface area contributed by atoms with E-state index in [9.17, 15) is 9.59 Å². The third kappa shape index (κ3) is 4.33. The zero-order valence-electron chi connectivity index (χ0n) is 13.8. The van der Waals surface area contributed by atoms with Crippen molar-refractivity contribution in [3.8, 4) is 0 Å². The Labute approximate surface area is 132 Å². The van der Waals surface area contributed by atoms with Gasteiger partial charge < -0.3 is 10.2 Å². The molecule has 0 saturated carbocycles. The van der Waals surface area contributed by atoms with Crippen LogP contribution in [0.1, 0.15) is 49.0 Å². The molecule has 1 heterocycles. The molecule has 1 aromatic carbocycles. The van der Waals surface area contributed by atoms with Crippen molar-refractivity contribution < 1.29 is 9.59 Å². The molecule has 1 atom stereocenters. The second-order valence-electron chi connectivity index (χ2n) is 6.55. The number of benzene rings is 1. The third-order valence-electron chi connectivity index (χ3n) is 4.04. The summed E-state index contributed by atoms with van der Waals surface area (Å²) in [7, 11) is 0. The maximum Gasteiger partial charge on any atom is 0.251 e. The van der Waals surface area contributed by atoms with Gasteiger partial charge >= 0.3 is 0 Å². The average molecular weight is 302 g/mol. The van der Waals surface area contributed by atoms with E-state index in [0.29, 0.717) is 17.9 Å². The number of nitrogens with zero attached hydrogens (tertiary/aromatic N) is 1. The van der Waals surface area contributed by atoms with Crippen molar-refractivity contribution in [2.45, 2.75) is 46.1 Å². The van der Waals surface area contributed by atoms with Gasteiger partial charge in [-0.05, 0) is 44.2 Å². The van der Waals surface area contributed by atoms with Gasteiger partial charge in [0.2, 0.25) is 5.91 Å². The Morgan fingerprint density at radius 3 is 2.27 bits per heavy atom. The monoisotopic (exact) mass is 302 g/mol. The van der Waals surface area contributed by atoms with E-state index in [1.165, 1.54) is 0 Å². The van der Waals surface area contributed by atoms with Crippen LogP contribution in [0.5, 0.6) is 0 Å². The van der Waals surface area contributed by atoms with E-state index in [1.807, 2.05) is 24.0 Å². The molecule has 1 saturated heterocycles. The lowest BCUT2D eigenvalue weighted by Gasteiger charge is -2.25. The summed E-state index contributed by atoms with van der Waals surface area (Å²) in [6.45, 7) is 7.76. The van der Waals surface area contributed by atoms with Gasteiger partial charge in [0.1, 0.15) is 6.04 Å². The molecule has 1 aliphatic heterocycles. The maximum absolute atomic E-state index is 12.6. The van der Waals surface area contributed by atoms with E-state index < -0.39 is 6.04 Å². The zero-order chi connectivity index (χ0) is 16.1. The van der Waals surface area contributed by atoms with E-state index in [-0.39, 0.29) is 11.8 Å². The number of nitrogens with one attached hydrogen (secondary N) is 1. The van der Waals surface area contributed by atoms with Crippen molar-refractivity contribution >= 4 is 11.8 Å². The molecular weight excluding hydrogens is 276 g/mol. The van der Waals surface area contributed by atoms with Crippen LogP contribution in [0, 0.1) is 12.8 Å². The third-order valence-corrected chi connectivity index (χ3v) is 4.04. The van der Waals surface area contributed by atoms with Gasteiger partial charge in [0, 0.05) is 18.7 Å². The van der Waals surface area contributed by atoms with Crippen LogP contribution in [0.2, 0.25) is 0 Å². The minimum absolute atomic E-state index is 0.0617. The molecule has 0 aromatic heterocycles. The number of likely N-dealkylation sites (tertiary alicyclic amines) is 1. The number of hydrogen-bond donors (Lipinski definition) is 1. The van der Waals surface area contributed by atoms with Crippen molar-refractivity contribution in [1.82, 2.24) is 10.2 Å². The molecular formula is C18H26N2O2. The van der Waals surface area contributed by atoms with Crippen molar-refractivity contribution in [1.29, 1.82) is 0 Å². The molecule has 4 nitrogen and oxygen atoms in total. The van der Waals surface area contributed by atoms with Crippen molar-refractivity contribution in [3.63, 3.8) is 0 Å². The van der Waals surface area contributed by atoms with Crippen LogP contribution in [0.25, 0.3) is 0 Å². The fraction of sp³-hybridized carbons (Fsp3) is 0.556. The predicted octanol–water partition coefficient (Wildman–Crippen LogP) is 2.76. The smallest absolute Gasteiger partial charge is 0.251 e. The molecule has 2 amide bonds. The summed E-state index contributed by atoms with van der Waals surface area (Å²) in [5, 5.41) is 2.93. The topological polar surface area (TPSA) is 49.4 Å². The highest BCUT2D eigenvalue weighted by molar-refractivity contribution is 5.97. The van der Waals surface area contributed by atoms with Gasteiger partial charge in [-0.15, -0.1) is 0 Å². The van der Waals surface area contributed by atoms with Crippen LogP contribution < -0.4 is 5.32 Å². The van der Waals surface area contributed by atoms with E-state index in [2.05, 4.69) is 19.2 Å². The fourth-order valence-corrected chi connectivity index (χ4v) is 2.80. The Morgan fingerprint density at radius 2 is 1.73 bits per heavy atom. The van der Waals surface area contributed by atoms with Crippen molar-refractivity contribution in [3.05, 3.63) is 35.4 Å². The lowest BCUT2D eigenvalue weighted by atomic mass is 10.0. The number of carbonyl (C=O) groups is 2. The van der Waals surface area contributed by atoms with Crippen LogP contribution in [0.4, 0.5) is 0 Å². The van der Waals surface area contributed by atoms with Gasteiger partial charge in [-0.25, -0.2) is 0 Å². The Hall–Kier alpha value is -1.84. The summed E-state index contributed by atoms with van der Waals surface area (Å²) < 4.78 is 0. The first kappa shape index (κ1) is 16.5. The highest BCUT2D eigenvalue weighted by Crippen LogP contribution is 2.14. The zero-order valence-corrected chi connectivity index (χ0v) is 13.8. The first-order valence-electron chi connectivity index (χ1n) is 8.13.